The number of benzene rings is 1. The molecule has 0 aliphatic heterocycles. The Morgan fingerprint density at radius 2 is 1.83 bits per heavy atom. The standard InChI is InChI=1S/C9H10O2.CH4/c1-7(9(10)11)8-5-3-2-4-6-8;/h2-7H,1H3,(H,10,11);1H4/t7-;/m0./s1. The van der Waals surface area contributed by atoms with E-state index in [0.717, 1.165) is 5.56 Å². The van der Waals surface area contributed by atoms with Crippen LogP contribution in [0.4, 0.5) is 0 Å². The lowest BCUT2D eigenvalue weighted by Gasteiger charge is -2.04. The lowest BCUT2D eigenvalue weighted by molar-refractivity contribution is -0.138. The fourth-order valence-corrected chi connectivity index (χ4v) is 0.884. The average molecular weight is 166 g/mol. The lowest BCUT2D eigenvalue weighted by Crippen LogP contribution is -2.06. The summed E-state index contributed by atoms with van der Waals surface area (Å²) in [5.74, 6) is -1.19. The monoisotopic (exact) mass is 166 g/mol. The zero-order valence-electron chi connectivity index (χ0n) is 6.32. The summed E-state index contributed by atoms with van der Waals surface area (Å²) >= 11 is 0. The smallest absolute Gasteiger partial charge is 0.310 e. The van der Waals surface area contributed by atoms with Gasteiger partial charge in [0.1, 0.15) is 0 Å². The summed E-state index contributed by atoms with van der Waals surface area (Å²) in [6.45, 7) is 1.68. The first-order chi connectivity index (χ1) is 5.22. The molecule has 0 fully saturated rings. The van der Waals surface area contributed by atoms with E-state index in [4.69, 9.17) is 5.11 Å². The van der Waals surface area contributed by atoms with Gasteiger partial charge < -0.3 is 5.11 Å². The van der Waals surface area contributed by atoms with Crippen molar-refractivity contribution in [2.45, 2.75) is 20.3 Å². The summed E-state index contributed by atoms with van der Waals surface area (Å²) in [4.78, 5) is 10.5. The first-order valence-electron chi connectivity index (χ1n) is 3.49. The first kappa shape index (κ1) is 10.7. The van der Waals surface area contributed by atoms with Crippen molar-refractivity contribution in [1.82, 2.24) is 0 Å². The third kappa shape index (κ3) is 2.38. The van der Waals surface area contributed by atoms with Gasteiger partial charge in [-0.3, -0.25) is 4.79 Å². The van der Waals surface area contributed by atoms with Crippen LogP contribution >= 0.6 is 0 Å². The predicted molar refractivity (Wildman–Crippen MR) is 49.2 cm³/mol. The summed E-state index contributed by atoms with van der Waals surface area (Å²) in [6, 6.07) is 9.19. The van der Waals surface area contributed by atoms with Crippen LogP contribution in [0.15, 0.2) is 30.3 Å². The van der Waals surface area contributed by atoms with Gasteiger partial charge in [0.2, 0.25) is 0 Å². The summed E-state index contributed by atoms with van der Waals surface area (Å²) < 4.78 is 0. The molecule has 12 heavy (non-hydrogen) atoms. The van der Waals surface area contributed by atoms with E-state index < -0.39 is 11.9 Å². The van der Waals surface area contributed by atoms with Gasteiger partial charge in [-0.2, -0.15) is 0 Å². The van der Waals surface area contributed by atoms with E-state index in [0.29, 0.717) is 0 Å². The SMILES string of the molecule is C.C[C@H](C(=O)O)c1ccccc1. The average Bonchev–Trinajstić information content (AvgIpc) is 2.05. The molecule has 1 aromatic carbocycles. The van der Waals surface area contributed by atoms with Crippen LogP contribution in [0, 0.1) is 0 Å². The van der Waals surface area contributed by atoms with Crippen molar-refractivity contribution in [3.8, 4) is 0 Å². The number of aliphatic carboxylic acids is 1. The Hall–Kier alpha value is -1.31. The van der Waals surface area contributed by atoms with Crippen molar-refractivity contribution in [3.05, 3.63) is 35.9 Å². The topological polar surface area (TPSA) is 37.3 Å². The Morgan fingerprint density at radius 1 is 1.33 bits per heavy atom. The zero-order valence-corrected chi connectivity index (χ0v) is 6.32. The molecule has 2 heteroatoms. The van der Waals surface area contributed by atoms with E-state index in [1.54, 1.807) is 6.92 Å². The van der Waals surface area contributed by atoms with Crippen LogP contribution in [0.3, 0.4) is 0 Å². The molecular weight excluding hydrogens is 152 g/mol. The van der Waals surface area contributed by atoms with Gasteiger partial charge in [0.15, 0.2) is 0 Å². The molecule has 0 amide bonds. The van der Waals surface area contributed by atoms with Crippen LogP contribution in [0.25, 0.3) is 0 Å². The Kier molecular flexibility index (Phi) is 4.05. The van der Waals surface area contributed by atoms with Crippen LogP contribution in [0.1, 0.15) is 25.8 Å². The van der Waals surface area contributed by atoms with Crippen LogP contribution in [-0.2, 0) is 4.79 Å². The van der Waals surface area contributed by atoms with Crippen LogP contribution < -0.4 is 0 Å². The second-order valence-electron chi connectivity index (χ2n) is 2.47. The molecule has 0 aliphatic rings. The maximum absolute atomic E-state index is 10.5. The first-order valence-corrected chi connectivity index (χ1v) is 3.49. The highest BCUT2D eigenvalue weighted by Crippen LogP contribution is 2.13. The molecule has 1 rings (SSSR count). The Morgan fingerprint density at radius 3 is 2.25 bits per heavy atom. The minimum Gasteiger partial charge on any atom is -0.481 e. The maximum Gasteiger partial charge on any atom is 0.310 e. The quantitative estimate of drug-likeness (QED) is 0.733. The van der Waals surface area contributed by atoms with Crippen molar-refractivity contribution in [2.75, 3.05) is 0 Å². The molecular formula is C10H14O2. The highest BCUT2D eigenvalue weighted by atomic mass is 16.4. The number of hydrogen-bond donors (Lipinski definition) is 1. The molecule has 1 atom stereocenters. The molecule has 2 nitrogen and oxygen atoms in total. The molecule has 1 N–H and O–H groups in total. The summed E-state index contributed by atoms with van der Waals surface area (Å²) in [6.07, 6.45) is 0. The second-order valence-corrected chi connectivity index (χ2v) is 2.47. The number of carboxylic acids is 1. The Bertz CT molecular complexity index is 241. The fraction of sp³-hybridized carbons (Fsp3) is 0.300. The van der Waals surface area contributed by atoms with E-state index in [-0.39, 0.29) is 7.43 Å². The highest BCUT2D eigenvalue weighted by molar-refractivity contribution is 5.75. The van der Waals surface area contributed by atoms with Gasteiger partial charge in [-0.1, -0.05) is 37.8 Å². The van der Waals surface area contributed by atoms with E-state index in [1.807, 2.05) is 30.3 Å². The maximum atomic E-state index is 10.5. The lowest BCUT2D eigenvalue weighted by atomic mass is 10.0. The number of carboxylic acid groups (broad SMARTS) is 1. The summed E-state index contributed by atoms with van der Waals surface area (Å²) in [7, 11) is 0. The third-order valence-corrected chi connectivity index (χ3v) is 1.67. The molecule has 66 valence electrons. The van der Waals surface area contributed by atoms with Gasteiger partial charge in [-0.05, 0) is 12.5 Å². The Balaban J connectivity index is 0.00000121. The van der Waals surface area contributed by atoms with Crippen LogP contribution in [0.2, 0.25) is 0 Å². The number of carbonyl (C=O) groups is 1. The minimum atomic E-state index is -0.781. The molecule has 0 aromatic heterocycles. The molecule has 0 spiro atoms. The summed E-state index contributed by atoms with van der Waals surface area (Å²) in [5, 5.41) is 8.64. The van der Waals surface area contributed by atoms with Crippen molar-refractivity contribution < 1.29 is 9.90 Å². The third-order valence-electron chi connectivity index (χ3n) is 1.67. The molecule has 0 aliphatic carbocycles. The fourth-order valence-electron chi connectivity index (χ4n) is 0.884. The molecule has 1 aromatic rings. The van der Waals surface area contributed by atoms with E-state index in [2.05, 4.69) is 0 Å². The van der Waals surface area contributed by atoms with Gasteiger partial charge in [0, 0.05) is 0 Å². The molecule has 0 heterocycles. The number of rotatable bonds is 2. The minimum absolute atomic E-state index is 0. The number of hydrogen-bond acceptors (Lipinski definition) is 1. The van der Waals surface area contributed by atoms with Crippen molar-refractivity contribution in [1.29, 1.82) is 0 Å². The van der Waals surface area contributed by atoms with Gasteiger partial charge in [0.25, 0.3) is 0 Å². The largest absolute Gasteiger partial charge is 0.481 e. The molecule has 0 saturated heterocycles. The van der Waals surface area contributed by atoms with E-state index >= 15 is 0 Å². The highest BCUT2D eigenvalue weighted by Gasteiger charge is 2.11. The van der Waals surface area contributed by atoms with E-state index in [1.165, 1.54) is 0 Å². The van der Waals surface area contributed by atoms with Gasteiger partial charge in [0.05, 0.1) is 5.92 Å². The van der Waals surface area contributed by atoms with Crippen molar-refractivity contribution >= 4 is 5.97 Å². The molecule has 0 bridgehead atoms. The molecule has 0 saturated carbocycles. The zero-order chi connectivity index (χ0) is 8.27. The molecule has 0 radical (unpaired) electrons. The van der Waals surface area contributed by atoms with Gasteiger partial charge in [-0.15, -0.1) is 0 Å². The van der Waals surface area contributed by atoms with E-state index in [9.17, 15) is 4.79 Å². The second kappa shape index (κ2) is 4.54. The predicted octanol–water partition coefficient (Wildman–Crippen LogP) is 2.51. The van der Waals surface area contributed by atoms with Crippen LogP contribution in [-0.4, -0.2) is 11.1 Å². The van der Waals surface area contributed by atoms with Gasteiger partial charge >= 0.3 is 5.97 Å². The summed E-state index contributed by atoms with van der Waals surface area (Å²) in [5.41, 5.74) is 0.847. The Labute approximate surface area is 72.9 Å². The van der Waals surface area contributed by atoms with Crippen LogP contribution in [0.5, 0.6) is 0 Å². The normalized spacial score (nSPS) is 11.4. The van der Waals surface area contributed by atoms with Crippen molar-refractivity contribution in [3.63, 3.8) is 0 Å². The van der Waals surface area contributed by atoms with Gasteiger partial charge in [-0.25, -0.2) is 0 Å². The van der Waals surface area contributed by atoms with Crippen molar-refractivity contribution in [2.24, 2.45) is 0 Å². The molecule has 0 unspecified atom stereocenters.